The topological polar surface area (TPSA) is 0 Å². The van der Waals surface area contributed by atoms with E-state index in [1.165, 1.54) is 5.57 Å². The smallest absolute Gasteiger partial charge is 0.0445 e. The second-order valence-corrected chi connectivity index (χ2v) is 1.87. The third-order valence-electron chi connectivity index (χ3n) is 0.333. The molecule has 0 unspecified atom stereocenters. The van der Waals surface area contributed by atoms with Gasteiger partial charge in [0.05, 0.1) is 0 Å². The van der Waals surface area contributed by atoms with Gasteiger partial charge in [-0.3, -0.25) is 0 Å². The molecule has 0 fully saturated rings. The molecular formula is C8H16. The van der Waals surface area contributed by atoms with Crippen molar-refractivity contribution in [3.63, 3.8) is 0 Å². The normalized spacial score (nSPS) is 8.00. The van der Waals surface area contributed by atoms with Crippen molar-refractivity contribution in [2.75, 3.05) is 0 Å². The van der Waals surface area contributed by atoms with Crippen LogP contribution in [0.15, 0.2) is 24.3 Å². The summed E-state index contributed by atoms with van der Waals surface area (Å²) >= 11 is 0. The number of hydrogen-bond donors (Lipinski definition) is 0. The van der Waals surface area contributed by atoms with Crippen molar-refractivity contribution in [3.05, 3.63) is 24.3 Å². The van der Waals surface area contributed by atoms with Gasteiger partial charge in [0.15, 0.2) is 0 Å². The first-order valence-corrected chi connectivity index (χ1v) is 2.84. The molecule has 0 aromatic rings. The number of hydrogen-bond acceptors (Lipinski definition) is 0. The van der Waals surface area contributed by atoms with Crippen molar-refractivity contribution in [2.45, 2.75) is 27.7 Å². The second-order valence-electron chi connectivity index (χ2n) is 1.87. The lowest BCUT2D eigenvalue weighted by Gasteiger charge is -1.65. The van der Waals surface area contributed by atoms with E-state index in [0.29, 0.717) is 0 Å². The predicted molar refractivity (Wildman–Crippen MR) is 41.0 cm³/mol. The fourth-order valence-electron chi connectivity index (χ4n) is 0. The summed E-state index contributed by atoms with van der Waals surface area (Å²) in [6, 6.07) is 0. The summed E-state index contributed by atoms with van der Waals surface area (Å²) in [5.74, 6) is 0. The van der Waals surface area contributed by atoms with Crippen LogP contribution >= 0.6 is 0 Å². The zero-order valence-electron chi connectivity index (χ0n) is 6.36. The molecule has 0 heterocycles. The van der Waals surface area contributed by atoms with Crippen LogP contribution < -0.4 is 0 Å². The van der Waals surface area contributed by atoms with Crippen molar-refractivity contribution in [1.82, 2.24) is 0 Å². The Bertz CT molecular complexity index is 60.1. The average molecular weight is 112 g/mol. The Hall–Kier alpha value is -0.520. The zero-order valence-corrected chi connectivity index (χ0v) is 6.36. The Morgan fingerprint density at radius 3 is 1.25 bits per heavy atom. The van der Waals surface area contributed by atoms with Gasteiger partial charge in [-0.1, -0.05) is 17.7 Å². The van der Waals surface area contributed by atoms with Crippen LogP contribution in [0.1, 0.15) is 27.7 Å². The summed E-state index contributed by atoms with van der Waals surface area (Å²) in [6.45, 7) is 11.5. The van der Waals surface area contributed by atoms with Crippen molar-refractivity contribution in [3.8, 4) is 0 Å². The van der Waals surface area contributed by atoms with Crippen LogP contribution in [-0.4, -0.2) is 0 Å². The quantitative estimate of drug-likeness (QED) is 0.422. The molecule has 0 saturated carbocycles. The maximum Gasteiger partial charge on any atom is -0.0445 e. The van der Waals surface area contributed by atoms with E-state index in [1.54, 1.807) is 0 Å². The summed E-state index contributed by atoms with van der Waals surface area (Å²) in [4.78, 5) is 0. The second kappa shape index (κ2) is 9.70. The monoisotopic (exact) mass is 112 g/mol. The Kier molecular flexibility index (Phi) is 12.7. The molecule has 0 aromatic heterocycles. The van der Waals surface area contributed by atoms with E-state index in [9.17, 15) is 0 Å². The molecule has 0 spiro atoms. The molecule has 0 nitrogen and oxygen atoms in total. The molecule has 0 rings (SSSR count). The van der Waals surface area contributed by atoms with Gasteiger partial charge in [0.25, 0.3) is 0 Å². The summed E-state index contributed by atoms with van der Waals surface area (Å²) in [6.07, 6.45) is 4.00. The molecule has 0 radical (unpaired) electrons. The highest BCUT2D eigenvalue weighted by atomic mass is 13.6. The van der Waals surface area contributed by atoms with Gasteiger partial charge < -0.3 is 0 Å². The lowest BCUT2D eigenvalue weighted by molar-refractivity contribution is 1.42. The van der Waals surface area contributed by atoms with Crippen molar-refractivity contribution < 1.29 is 0 Å². The highest BCUT2D eigenvalue weighted by molar-refractivity contribution is 4.78. The maximum absolute atomic E-state index is 3.56. The molecule has 0 N–H and O–H groups in total. The molecule has 0 bridgehead atoms. The van der Waals surface area contributed by atoms with E-state index < -0.39 is 0 Å². The number of rotatable bonds is 0. The number of allylic oxidation sites excluding steroid dienone is 3. The third kappa shape index (κ3) is 477. The molecule has 0 aliphatic carbocycles. The van der Waals surface area contributed by atoms with Gasteiger partial charge in [-0.15, -0.1) is 6.58 Å². The summed E-state index contributed by atoms with van der Waals surface area (Å²) in [5.41, 5.74) is 1.17. The molecule has 0 aliphatic rings. The fourth-order valence-corrected chi connectivity index (χ4v) is 0. The Labute approximate surface area is 52.9 Å². The van der Waals surface area contributed by atoms with E-state index in [2.05, 4.69) is 6.58 Å². The van der Waals surface area contributed by atoms with Gasteiger partial charge in [-0.2, -0.15) is 0 Å². The summed E-state index contributed by atoms with van der Waals surface area (Å²) < 4.78 is 0. The molecule has 0 heteroatoms. The average Bonchev–Trinajstić information content (AvgIpc) is 1.65. The van der Waals surface area contributed by atoms with Gasteiger partial charge in [0.1, 0.15) is 0 Å². The van der Waals surface area contributed by atoms with E-state index >= 15 is 0 Å². The predicted octanol–water partition coefficient (Wildman–Crippen LogP) is 3.16. The highest BCUT2D eigenvalue weighted by Gasteiger charge is 1.51. The molecular weight excluding hydrogens is 96.1 g/mol. The Balaban J connectivity index is 0. The lowest BCUT2D eigenvalue weighted by atomic mass is 10.4. The molecule has 0 amide bonds. The van der Waals surface area contributed by atoms with Crippen molar-refractivity contribution >= 4 is 0 Å². The van der Waals surface area contributed by atoms with Crippen LogP contribution in [0.3, 0.4) is 0 Å². The first-order chi connectivity index (χ1) is 3.65. The summed E-state index contributed by atoms with van der Waals surface area (Å²) in [5, 5.41) is 0. The molecule has 0 aliphatic heterocycles. The van der Waals surface area contributed by atoms with Crippen LogP contribution in [0, 0.1) is 0 Å². The summed E-state index contributed by atoms with van der Waals surface area (Å²) in [7, 11) is 0. The van der Waals surface area contributed by atoms with Gasteiger partial charge in [-0.25, -0.2) is 0 Å². The SMILES string of the molecule is C=C(C)C.CC=CC. The molecule has 48 valence electrons. The molecule has 0 saturated heterocycles. The van der Waals surface area contributed by atoms with Gasteiger partial charge in [-0.05, 0) is 27.7 Å². The van der Waals surface area contributed by atoms with Crippen LogP contribution in [0.5, 0.6) is 0 Å². The van der Waals surface area contributed by atoms with Gasteiger partial charge in [0, 0.05) is 0 Å². The third-order valence-corrected chi connectivity index (χ3v) is 0.333. The maximum atomic E-state index is 3.56. The molecule has 8 heavy (non-hydrogen) atoms. The zero-order chi connectivity index (χ0) is 6.99. The van der Waals surface area contributed by atoms with Crippen molar-refractivity contribution in [1.29, 1.82) is 0 Å². The van der Waals surface area contributed by atoms with Crippen LogP contribution in [0.4, 0.5) is 0 Å². The highest BCUT2D eigenvalue weighted by Crippen LogP contribution is 1.73. The Morgan fingerprint density at radius 1 is 1.12 bits per heavy atom. The largest absolute Gasteiger partial charge is 0.100 e. The minimum Gasteiger partial charge on any atom is -0.100 e. The lowest BCUT2D eigenvalue weighted by Crippen LogP contribution is -1.43. The van der Waals surface area contributed by atoms with Crippen molar-refractivity contribution in [2.24, 2.45) is 0 Å². The van der Waals surface area contributed by atoms with E-state index in [4.69, 9.17) is 0 Å². The van der Waals surface area contributed by atoms with E-state index in [1.807, 2.05) is 39.8 Å². The molecule has 0 aromatic carbocycles. The van der Waals surface area contributed by atoms with Crippen LogP contribution in [0.25, 0.3) is 0 Å². The van der Waals surface area contributed by atoms with Crippen LogP contribution in [-0.2, 0) is 0 Å². The minimum absolute atomic E-state index is 1.17. The van der Waals surface area contributed by atoms with Gasteiger partial charge in [0.2, 0.25) is 0 Å². The van der Waals surface area contributed by atoms with E-state index in [0.717, 1.165) is 0 Å². The minimum atomic E-state index is 1.17. The molecule has 0 atom stereocenters. The van der Waals surface area contributed by atoms with Gasteiger partial charge >= 0.3 is 0 Å². The van der Waals surface area contributed by atoms with Crippen LogP contribution in [0.2, 0.25) is 0 Å². The first kappa shape index (κ1) is 10.5. The first-order valence-electron chi connectivity index (χ1n) is 2.84. The Morgan fingerprint density at radius 2 is 1.25 bits per heavy atom. The van der Waals surface area contributed by atoms with E-state index in [-0.39, 0.29) is 0 Å². The fraction of sp³-hybridized carbons (Fsp3) is 0.500. The standard InChI is InChI=1S/2C4H8/c1-4(2)3;1-3-4-2/h1H2,2-3H3;3-4H,1-2H3.